The van der Waals surface area contributed by atoms with Gasteiger partial charge in [0, 0.05) is 28.2 Å². The van der Waals surface area contributed by atoms with Gasteiger partial charge in [-0.2, -0.15) is 0 Å². The predicted molar refractivity (Wildman–Crippen MR) is 138 cm³/mol. The molecule has 0 saturated heterocycles. The molecule has 0 bridgehead atoms. The van der Waals surface area contributed by atoms with Crippen molar-refractivity contribution in [1.29, 1.82) is 0 Å². The first-order valence-electron chi connectivity index (χ1n) is 10.5. The molecule has 0 fully saturated rings. The lowest BCUT2D eigenvalue weighted by molar-refractivity contribution is 0.600. The highest BCUT2D eigenvalue weighted by molar-refractivity contribution is 7.92. The van der Waals surface area contributed by atoms with Crippen LogP contribution in [-0.4, -0.2) is 18.4 Å². The van der Waals surface area contributed by atoms with E-state index < -0.39 is 10.0 Å². The van der Waals surface area contributed by atoms with Gasteiger partial charge in [0.2, 0.25) is 0 Å². The van der Waals surface area contributed by atoms with Gasteiger partial charge in [0.1, 0.15) is 17.5 Å². The van der Waals surface area contributed by atoms with E-state index in [1.807, 2.05) is 44.2 Å². The van der Waals surface area contributed by atoms with Crippen molar-refractivity contribution in [3.05, 3.63) is 94.8 Å². The fourth-order valence-corrected chi connectivity index (χ4v) is 4.89. The van der Waals surface area contributed by atoms with Gasteiger partial charge in [-0.15, -0.1) is 0 Å². The van der Waals surface area contributed by atoms with Gasteiger partial charge in [-0.3, -0.25) is 4.72 Å². The lowest BCUT2D eigenvalue weighted by atomic mass is 10.2. The first kappa shape index (κ1) is 23.5. The van der Waals surface area contributed by atoms with E-state index in [0.717, 1.165) is 11.4 Å². The Labute approximate surface area is 204 Å². The monoisotopic (exact) mass is 493 g/mol. The first-order valence-corrected chi connectivity index (χ1v) is 12.4. The predicted octanol–water partition coefficient (Wildman–Crippen LogP) is 6.34. The molecule has 0 aliphatic carbocycles. The second kappa shape index (κ2) is 9.70. The fourth-order valence-electron chi connectivity index (χ4n) is 3.32. The Morgan fingerprint density at radius 2 is 1.24 bits per heavy atom. The summed E-state index contributed by atoms with van der Waals surface area (Å²) in [5, 5.41) is 6.88. The molecule has 0 atom stereocenters. The largest absolute Gasteiger partial charge is 0.340 e. The van der Waals surface area contributed by atoms with E-state index in [1.165, 1.54) is 11.6 Å². The highest BCUT2D eigenvalue weighted by Gasteiger charge is 2.17. The number of benzene rings is 3. The first-order chi connectivity index (χ1) is 16.2. The van der Waals surface area contributed by atoms with Gasteiger partial charge in [-0.25, -0.2) is 18.4 Å². The summed E-state index contributed by atoms with van der Waals surface area (Å²) in [6.07, 6.45) is 0. The summed E-state index contributed by atoms with van der Waals surface area (Å²) in [5.41, 5.74) is 3.91. The molecule has 1 aromatic heterocycles. The van der Waals surface area contributed by atoms with Crippen molar-refractivity contribution in [2.24, 2.45) is 0 Å². The smallest absolute Gasteiger partial charge is 0.262 e. The van der Waals surface area contributed by atoms with Gasteiger partial charge in [0.15, 0.2) is 0 Å². The summed E-state index contributed by atoms with van der Waals surface area (Å²) in [7, 11) is -3.77. The molecule has 0 aliphatic rings. The number of nitrogens with zero attached hydrogens (tertiary/aromatic N) is 2. The van der Waals surface area contributed by atoms with Crippen LogP contribution in [0.3, 0.4) is 0 Å². The Morgan fingerprint density at radius 3 is 1.82 bits per heavy atom. The zero-order valence-electron chi connectivity index (χ0n) is 18.9. The van der Waals surface area contributed by atoms with Crippen LogP contribution in [0.5, 0.6) is 0 Å². The molecule has 7 nitrogen and oxygen atoms in total. The minimum atomic E-state index is -3.77. The summed E-state index contributed by atoms with van der Waals surface area (Å²) < 4.78 is 28.2. The van der Waals surface area contributed by atoms with Crippen LogP contribution in [0.15, 0.2) is 77.7 Å². The third-order valence-corrected chi connectivity index (χ3v) is 6.77. The van der Waals surface area contributed by atoms with Crippen molar-refractivity contribution in [3.63, 3.8) is 0 Å². The molecule has 9 heteroatoms. The number of rotatable bonds is 7. The highest BCUT2D eigenvalue weighted by atomic mass is 35.5. The molecule has 4 rings (SSSR count). The van der Waals surface area contributed by atoms with Gasteiger partial charge < -0.3 is 10.6 Å². The van der Waals surface area contributed by atoms with Crippen LogP contribution in [-0.2, 0) is 10.0 Å². The Balaban J connectivity index is 1.48. The van der Waals surface area contributed by atoms with E-state index in [2.05, 4.69) is 25.3 Å². The molecule has 174 valence electrons. The average Bonchev–Trinajstić information content (AvgIpc) is 2.78. The van der Waals surface area contributed by atoms with Gasteiger partial charge in [0.25, 0.3) is 10.0 Å². The summed E-state index contributed by atoms with van der Waals surface area (Å²) in [6, 6.07) is 21.5. The maximum absolute atomic E-state index is 12.8. The molecule has 4 aromatic rings. The maximum atomic E-state index is 12.8. The highest BCUT2D eigenvalue weighted by Crippen LogP contribution is 2.25. The van der Waals surface area contributed by atoms with Crippen LogP contribution in [0.1, 0.15) is 17.0 Å². The number of hydrogen-bond acceptors (Lipinski definition) is 6. The minimum Gasteiger partial charge on any atom is -0.340 e. The summed E-state index contributed by atoms with van der Waals surface area (Å²) >= 11 is 5.98. The van der Waals surface area contributed by atoms with E-state index in [0.29, 0.717) is 33.7 Å². The average molecular weight is 494 g/mol. The van der Waals surface area contributed by atoms with E-state index in [-0.39, 0.29) is 4.90 Å². The molecule has 0 unspecified atom stereocenters. The molecule has 0 spiro atoms. The van der Waals surface area contributed by atoms with Crippen LogP contribution in [0.25, 0.3) is 0 Å². The number of halogens is 1. The quantitative estimate of drug-likeness (QED) is 0.278. The SMILES string of the molecule is Cc1ccc(Nc2cc(Nc3ccc(NS(=O)(=O)c4cc(Cl)ccc4C)cc3)nc(C)n2)cc1. The number of sulfonamides is 1. The third-order valence-electron chi connectivity index (χ3n) is 5.01. The summed E-state index contributed by atoms with van der Waals surface area (Å²) in [6.45, 7) is 5.58. The standard InChI is InChI=1S/C25H24ClN5O2S/c1-16-4-8-20(9-5-16)29-24-15-25(28-18(3)27-24)30-21-10-12-22(13-11-21)31-34(32,33)23-14-19(26)7-6-17(23)2/h4-15,31H,1-3H3,(H2,27,28,29,30). The Kier molecular flexibility index (Phi) is 6.72. The van der Waals surface area contributed by atoms with E-state index in [1.54, 1.807) is 43.3 Å². The molecule has 0 radical (unpaired) electrons. The van der Waals surface area contributed by atoms with Crippen LogP contribution >= 0.6 is 11.6 Å². The topological polar surface area (TPSA) is 96.0 Å². The summed E-state index contributed by atoms with van der Waals surface area (Å²) in [4.78, 5) is 9.03. The number of aromatic nitrogens is 2. The Morgan fingerprint density at radius 1 is 0.706 bits per heavy atom. The molecule has 34 heavy (non-hydrogen) atoms. The zero-order valence-corrected chi connectivity index (χ0v) is 20.5. The number of aryl methyl sites for hydroxylation is 3. The molecule has 3 aromatic carbocycles. The van der Waals surface area contributed by atoms with Crippen molar-refractivity contribution < 1.29 is 8.42 Å². The normalized spacial score (nSPS) is 11.2. The van der Waals surface area contributed by atoms with Gasteiger partial charge >= 0.3 is 0 Å². The second-order valence-electron chi connectivity index (χ2n) is 7.89. The zero-order chi connectivity index (χ0) is 24.3. The van der Waals surface area contributed by atoms with Crippen LogP contribution in [0.4, 0.5) is 28.7 Å². The Hall–Kier alpha value is -3.62. The molecule has 1 heterocycles. The number of hydrogen-bond donors (Lipinski definition) is 3. The van der Waals surface area contributed by atoms with Crippen molar-refractivity contribution in [3.8, 4) is 0 Å². The third kappa shape index (κ3) is 5.84. The fraction of sp³-hybridized carbons (Fsp3) is 0.120. The van der Waals surface area contributed by atoms with E-state index in [9.17, 15) is 8.42 Å². The number of nitrogens with one attached hydrogen (secondary N) is 3. The minimum absolute atomic E-state index is 0.146. The van der Waals surface area contributed by atoms with Crippen molar-refractivity contribution >= 4 is 50.3 Å². The van der Waals surface area contributed by atoms with Crippen LogP contribution in [0.2, 0.25) is 5.02 Å². The Bertz CT molecular complexity index is 1420. The van der Waals surface area contributed by atoms with Gasteiger partial charge in [-0.1, -0.05) is 35.4 Å². The van der Waals surface area contributed by atoms with Crippen molar-refractivity contribution in [2.45, 2.75) is 25.7 Å². The van der Waals surface area contributed by atoms with Crippen molar-refractivity contribution in [1.82, 2.24) is 9.97 Å². The van der Waals surface area contributed by atoms with Crippen molar-refractivity contribution in [2.75, 3.05) is 15.4 Å². The molecule has 0 amide bonds. The molecular weight excluding hydrogens is 470 g/mol. The van der Waals surface area contributed by atoms with E-state index >= 15 is 0 Å². The second-order valence-corrected chi connectivity index (χ2v) is 9.98. The number of anilines is 5. The molecule has 0 saturated carbocycles. The van der Waals surface area contributed by atoms with Gasteiger partial charge in [0.05, 0.1) is 4.90 Å². The van der Waals surface area contributed by atoms with Crippen LogP contribution in [0, 0.1) is 20.8 Å². The lowest BCUT2D eigenvalue weighted by Gasteiger charge is -2.13. The summed E-state index contributed by atoms with van der Waals surface area (Å²) in [5.74, 6) is 1.89. The maximum Gasteiger partial charge on any atom is 0.262 e. The molecule has 3 N–H and O–H groups in total. The van der Waals surface area contributed by atoms with Gasteiger partial charge in [-0.05, 0) is 74.9 Å². The van der Waals surface area contributed by atoms with E-state index in [4.69, 9.17) is 11.6 Å². The molecular formula is C25H24ClN5O2S. The lowest BCUT2D eigenvalue weighted by Crippen LogP contribution is -2.14. The molecule has 0 aliphatic heterocycles. The van der Waals surface area contributed by atoms with Crippen LogP contribution < -0.4 is 15.4 Å².